The van der Waals surface area contributed by atoms with Gasteiger partial charge in [-0.2, -0.15) is 13.2 Å². The lowest BCUT2D eigenvalue weighted by atomic mass is 10.00. The van der Waals surface area contributed by atoms with E-state index >= 15 is 0 Å². The first kappa shape index (κ1) is 14.7. The molecule has 0 aromatic rings. The largest absolute Gasteiger partial charge is 0.401 e. The molecule has 1 N–H and O–H groups in total. The van der Waals surface area contributed by atoms with E-state index in [0.29, 0.717) is 38.8 Å². The molecule has 1 rings (SSSR count). The Bertz CT molecular complexity index is 205. The molecule has 0 radical (unpaired) electrons. The Morgan fingerprint density at radius 1 is 1.29 bits per heavy atom. The smallest absolute Gasteiger partial charge is 0.381 e. The Morgan fingerprint density at radius 2 is 1.94 bits per heavy atom. The predicted molar refractivity (Wildman–Crippen MR) is 60.0 cm³/mol. The average molecular weight is 254 g/mol. The highest BCUT2D eigenvalue weighted by molar-refractivity contribution is 4.71. The second kappa shape index (κ2) is 7.18. The van der Waals surface area contributed by atoms with Gasteiger partial charge in [-0.1, -0.05) is 0 Å². The number of rotatable bonds is 6. The normalized spacial score (nSPS) is 18.9. The van der Waals surface area contributed by atoms with Crippen molar-refractivity contribution in [1.29, 1.82) is 0 Å². The molecule has 0 bridgehead atoms. The van der Waals surface area contributed by atoms with Gasteiger partial charge in [0.05, 0.1) is 6.54 Å². The van der Waals surface area contributed by atoms with Gasteiger partial charge in [0.25, 0.3) is 0 Å². The average Bonchev–Trinajstić information content (AvgIpc) is 2.25. The van der Waals surface area contributed by atoms with Crippen LogP contribution in [-0.4, -0.2) is 57.5 Å². The number of halogens is 3. The van der Waals surface area contributed by atoms with E-state index in [1.807, 2.05) is 0 Å². The van der Waals surface area contributed by atoms with Gasteiger partial charge in [-0.25, -0.2) is 0 Å². The fourth-order valence-electron chi connectivity index (χ4n) is 2.05. The molecule has 17 heavy (non-hydrogen) atoms. The topological polar surface area (TPSA) is 24.5 Å². The van der Waals surface area contributed by atoms with Crippen molar-refractivity contribution in [2.45, 2.75) is 19.0 Å². The van der Waals surface area contributed by atoms with Crippen LogP contribution in [0.4, 0.5) is 13.2 Å². The third-order valence-corrected chi connectivity index (χ3v) is 2.94. The minimum Gasteiger partial charge on any atom is -0.381 e. The molecule has 0 aliphatic carbocycles. The number of nitrogens with zero attached hydrogens (tertiary/aromatic N) is 1. The molecule has 0 aromatic heterocycles. The van der Waals surface area contributed by atoms with Crippen molar-refractivity contribution < 1.29 is 17.9 Å². The highest BCUT2D eigenvalue weighted by Gasteiger charge is 2.31. The van der Waals surface area contributed by atoms with Crippen molar-refractivity contribution in [1.82, 2.24) is 10.2 Å². The molecular weight excluding hydrogens is 233 g/mol. The summed E-state index contributed by atoms with van der Waals surface area (Å²) < 4.78 is 42.4. The summed E-state index contributed by atoms with van der Waals surface area (Å²) in [6, 6.07) is 0. The van der Waals surface area contributed by atoms with Crippen LogP contribution >= 0.6 is 0 Å². The maximum absolute atomic E-state index is 12.4. The number of likely N-dealkylation sites (N-methyl/N-ethyl adjacent to an activating group) is 1. The number of alkyl halides is 3. The Hall–Kier alpha value is -0.330. The standard InChI is InChI=1S/C11H21F3N2O/c1-15-4-5-16(9-11(12,13)14)8-10-2-6-17-7-3-10/h10,15H,2-9H2,1H3. The van der Waals surface area contributed by atoms with Crippen LogP contribution < -0.4 is 5.32 Å². The lowest BCUT2D eigenvalue weighted by Gasteiger charge is -2.30. The molecule has 3 nitrogen and oxygen atoms in total. The lowest BCUT2D eigenvalue weighted by molar-refractivity contribution is -0.147. The number of nitrogens with one attached hydrogen (secondary N) is 1. The maximum atomic E-state index is 12.4. The maximum Gasteiger partial charge on any atom is 0.401 e. The Balaban J connectivity index is 2.38. The van der Waals surface area contributed by atoms with Crippen LogP contribution in [0.3, 0.4) is 0 Å². The highest BCUT2D eigenvalue weighted by Crippen LogP contribution is 2.20. The van der Waals surface area contributed by atoms with Crippen molar-refractivity contribution in [2.24, 2.45) is 5.92 Å². The molecule has 0 amide bonds. The van der Waals surface area contributed by atoms with Crippen LogP contribution in [0.1, 0.15) is 12.8 Å². The molecule has 0 atom stereocenters. The molecule has 0 saturated carbocycles. The van der Waals surface area contributed by atoms with Crippen LogP contribution in [0.5, 0.6) is 0 Å². The monoisotopic (exact) mass is 254 g/mol. The van der Waals surface area contributed by atoms with Crippen molar-refractivity contribution in [3.63, 3.8) is 0 Å². The van der Waals surface area contributed by atoms with Gasteiger partial charge in [-0.3, -0.25) is 4.90 Å². The van der Waals surface area contributed by atoms with Crippen LogP contribution in [-0.2, 0) is 4.74 Å². The molecule has 1 aliphatic rings. The minimum atomic E-state index is -4.11. The second-order valence-corrected chi connectivity index (χ2v) is 4.51. The van der Waals surface area contributed by atoms with Crippen molar-refractivity contribution in [2.75, 3.05) is 46.4 Å². The zero-order chi connectivity index (χ0) is 12.7. The van der Waals surface area contributed by atoms with Gasteiger partial charge in [0.1, 0.15) is 0 Å². The van der Waals surface area contributed by atoms with E-state index in [2.05, 4.69) is 5.32 Å². The van der Waals surface area contributed by atoms with Crippen LogP contribution in [0.2, 0.25) is 0 Å². The predicted octanol–water partition coefficient (Wildman–Crippen LogP) is 1.50. The van der Waals surface area contributed by atoms with E-state index in [0.717, 1.165) is 12.8 Å². The molecule has 1 aliphatic heterocycles. The highest BCUT2D eigenvalue weighted by atomic mass is 19.4. The summed E-state index contributed by atoms with van der Waals surface area (Å²) in [5.74, 6) is 0.336. The third-order valence-electron chi connectivity index (χ3n) is 2.94. The Kier molecular flexibility index (Phi) is 6.22. The molecule has 102 valence electrons. The lowest BCUT2D eigenvalue weighted by Crippen LogP contribution is -2.41. The molecule has 0 spiro atoms. The van der Waals surface area contributed by atoms with Crippen molar-refractivity contribution >= 4 is 0 Å². The van der Waals surface area contributed by atoms with E-state index in [1.54, 1.807) is 7.05 Å². The zero-order valence-electron chi connectivity index (χ0n) is 10.2. The first-order valence-corrected chi connectivity index (χ1v) is 6.02. The minimum absolute atomic E-state index is 0.336. The second-order valence-electron chi connectivity index (χ2n) is 4.51. The van der Waals surface area contributed by atoms with E-state index in [9.17, 15) is 13.2 Å². The summed E-state index contributed by atoms with van der Waals surface area (Å²) in [6.07, 6.45) is -2.37. The molecule has 0 unspecified atom stereocenters. The molecular formula is C11H21F3N2O. The fourth-order valence-corrected chi connectivity index (χ4v) is 2.05. The Morgan fingerprint density at radius 3 is 2.47 bits per heavy atom. The zero-order valence-corrected chi connectivity index (χ0v) is 10.2. The van der Waals surface area contributed by atoms with Crippen molar-refractivity contribution in [3.8, 4) is 0 Å². The van der Waals surface area contributed by atoms with E-state index < -0.39 is 12.7 Å². The van der Waals surface area contributed by atoms with Gasteiger partial charge in [0, 0.05) is 32.8 Å². The van der Waals surface area contributed by atoms with Gasteiger partial charge in [-0.15, -0.1) is 0 Å². The van der Waals surface area contributed by atoms with E-state index in [4.69, 9.17) is 4.74 Å². The van der Waals surface area contributed by atoms with Crippen LogP contribution in [0, 0.1) is 5.92 Å². The SMILES string of the molecule is CNCCN(CC1CCOCC1)CC(F)(F)F. The summed E-state index contributed by atoms with van der Waals surface area (Å²) in [7, 11) is 1.75. The molecule has 1 fully saturated rings. The number of ether oxygens (including phenoxy) is 1. The summed E-state index contributed by atoms with van der Waals surface area (Å²) in [4.78, 5) is 1.49. The Labute approximate surface area is 100 Å². The summed E-state index contributed by atoms with van der Waals surface area (Å²) in [6.45, 7) is 2.08. The first-order chi connectivity index (χ1) is 8.01. The van der Waals surface area contributed by atoms with Gasteiger partial charge in [0.2, 0.25) is 0 Å². The summed E-state index contributed by atoms with van der Waals surface area (Å²) in [5, 5.41) is 2.89. The number of hydrogen-bond donors (Lipinski definition) is 1. The summed E-state index contributed by atoms with van der Waals surface area (Å²) >= 11 is 0. The summed E-state index contributed by atoms with van der Waals surface area (Å²) in [5.41, 5.74) is 0. The van der Waals surface area contributed by atoms with Gasteiger partial charge in [-0.05, 0) is 25.8 Å². The van der Waals surface area contributed by atoms with Crippen LogP contribution in [0.25, 0.3) is 0 Å². The van der Waals surface area contributed by atoms with Crippen LogP contribution in [0.15, 0.2) is 0 Å². The number of hydrogen-bond acceptors (Lipinski definition) is 3. The molecule has 1 heterocycles. The third kappa shape index (κ3) is 6.85. The fraction of sp³-hybridized carbons (Fsp3) is 1.00. The van der Waals surface area contributed by atoms with E-state index in [1.165, 1.54) is 4.90 Å². The van der Waals surface area contributed by atoms with Gasteiger partial charge >= 0.3 is 6.18 Å². The quantitative estimate of drug-likeness (QED) is 0.777. The molecule has 0 aromatic carbocycles. The van der Waals surface area contributed by atoms with Gasteiger partial charge in [0.15, 0.2) is 0 Å². The first-order valence-electron chi connectivity index (χ1n) is 6.02. The molecule has 6 heteroatoms. The van der Waals surface area contributed by atoms with Gasteiger partial charge < -0.3 is 10.1 Å². The van der Waals surface area contributed by atoms with E-state index in [-0.39, 0.29) is 0 Å². The molecule has 1 saturated heterocycles. The van der Waals surface area contributed by atoms with Crippen molar-refractivity contribution in [3.05, 3.63) is 0 Å².